The molecule has 21 heavy (non-hydrogen) atoms. The monoisotopic (exact) mass is 282 g/mol. The van der Waals surface area contributed by atoms with Crippen LogP contribution in [0.5, 0.6) is 5.75 Å². The molecule has 1 heterocycles. The second kappa shape index (κ2) is 5.48. The highest BCUT2D eigenvalue weighted by Crippen LogP contribution is 2.26. The minimum Gasteiger partial charge on any atom is -0.496 e. The number of anilines is 1. The van der Waals surface area contributed by atoms with Crippen molar-refractivity contribution in [1.29, 1.82) is 0 Å². The summed E-state index contributed by atoms with van der Waals surface area (Å²) >= 11 is 0. The number of nitrogen functional groups attached to an aromatic ring is 1. The van der Waals surface area contributed by atoms with Crippen molar-refractivity contribution in [1.82, 2.24) is 4.90 Å². The fourth-order valence-electron chi connectivity index (χ4n) is 2.71. The van der Waals surface area contributed by atoms with E-state index in [0.717, 1.165) is 22.6 Å². The van der Waals surface area contributed by atoms with Gasteiger partial charge in [-0.3, -0.25) is 4.79 Å². The number of hydrogen-bond acceptors (Lipinski definition) is 3. The molecule has 2 aromatic rings. The van der Waals surface area contributed by atoms with E-state index in [-0.39, 0.29) is 5.91 Å². The molecule has 2 aromatic carbocycles. The summed E-state index contributed by atoms with van der Waals surface area (Å²) in [5.74, 6) is 0.862. The zero-order valence-electron chi connectivity index (χ0n) is 12.0. The van der Waals surface area contributed by atoms with Gasteiger partial charge in [0.2, 0.25) is 5.91 Å². The Balaban J connectivity index is 1.73. The van der Waals surface area contributed by atoms with Gasteiger partial charge in [0.05, 0.1) is 13.5 Å². The maximum absolute atomic E-state index is 12.5. The molecule has 0 radical (unpaired) electrons. The summed E-state index contributed by atoms with van der Waals surface area (Å²) in [5, 5.41) is 0. The van der Waals surface area contributed by atoms with Gasteiger partial charge in [-0.25, -0.2) is 0 Å². The molecular formula is C17H18N2O2. The Morgan fingerprint density at radius 1 is 1.19 bits per heavy atom. The maximum atomic E-state index is 12.5. The van der Waals surface area contributed by atoms with Crippen LogP contribution in [-0.4, -0.2) is 17.9 Å². The van der Waals surface area contributed by atoms with Crippen molar-refractivity contribution in [2.45, 2.75) is 19.5 Å². The number of methoxy groups -OCH3 is 1. The molecule has 1 aliphatic rings. The minimum atomic E-state index is 0.106. The van der Waals surface area contributed by atoms with E-state index in [0.29, 0.717) is 19.5 Å². The van der Waals surface area contributed by atoms with Gasteiger partial charge in [0, 0.05) is 24.3 Å². The predicted octanol–water partition coefficient (Wildman–Crippen LogP) is 2.36. The average Bonchev–Trinajstić information content (AvgIpc) is 2.91. The molecule has 0 bridgehead atoms. The van der Waals surface area contributed by atoms with Gasteiger partial charge in [-0.1, -0.05) is 24.3 Å². The number of amides is 1. The zero-order valence-corrected chi connectivity index (χ0v) is 12.0. The third kappa shape index (κ3) is 2.70. The van der Waals surface area contributed by atoms with Crippen LogP contribution in [0.2, 0.25) is 0 Å². The summed E-state index contributed by atoms with van der Waals surface area (Å²) in [6, 6.07) is 13.5. The minimum absolute atomic E-state index is 0.106. The summed E-state index contributed by atoms with van der Waals surface area (Å²) in [7, 11) is 1.62. The molecule has 3 rings (SSSR count). The second-order valence-corrected chi connectivity index (χ2v) is 5.27. The topological polar surface area (TPSA) is 55.6 Å². The van der Waals surface area contributed by atoms with E-state index in [4.69, 9.17) is 10.5 Å². The van der Waals surface area contributed by atoms with Crippen molar-refractivity contribution in [3.8, 4) is 5.75 Å². The van der Waals surface area contributed by atoms with Crippen LogP contribution in [0.15, 0.2) is 42.5 Å². The first kappa shape index (κ1) is 13.5. The van der Waals surface area contributed by atoms with E-state index in [2.05, 4.69) is 0 Å². The number of nitrogens with zero attached hydrogens (tertiary/aromatic N) is 1. The normalized spacial score (nSPS) is 13.1. The first-order valence-electron chi connectivity index (χ1n) is 6.94. The van der Waals surface area contributed by atoms with Crippen molar-refractivity contribution in [2.75, 3.05) is 12.8 Å². The first-order chi connectivity index (χ1) is 10.2. The number of benzene rings is 2. The Morgan fingerprint density at radius 3 is 2.76 bits per heavy atom. The van der Waals surface area contributed by atoms with E-state index >= 15 is 0 Å². The lowest BCUT2D eigenvalue weighted by molar-refractivity contribution is -0.131. The second-order valence-electron chi connectivity index (χ2n) is 5.27. The van der Waals surface area contributed by atoms with Crippen LogP contribution in [0.3, 0.4) is 0 Å². The Hall–Kier alpha value is -2.49. The van der Waals surface area contributed by atoms with E-state index in [1.807, 2.05) is 47.4 Å². The fraction of sp³-hybridized carbons (Fsp3) is 0.235. The van der Waals surface area contributed by atoms with Crippen molar-refractivity contribution >= 4 is 11.6 Å². The molecule has 2 N–H and O–H groups in total. The van der Waals surface area contributed by atoms with E-state index in [1.54, 1.807) is 7.11 Å². The van der Waals surface area contributed by atoms with Crippen LogP contribution in [0.25, 0.3) is 0 Å². The SMILES string of the molecule is COc1ccccc1CC(=O)N1Cc2ccc(N)cc2C1. The Kier molecular flexibility index (Phi) is 3.52. The first-order valence-corrected chi connectivity index (χ1v) is 6.94. The number of para-hydroxylation sites is 1. The van der Waals surface area contributed by atoms with Crippen molar-refractivity contribution in [3.05, 3.63) is 59.2 Å². The molecule has 4 heteroatoms. The molecule has 0 spiro atoms. The quantitative estimate of drug-likeness (QED) is 0.879. The van der Waals surface area contributed by atoms with Crippen LogP contribution < -0.4 is 10.5 Å². The van der Waals surface area contributed by atoms with Gasteiger partial charge in [-0.05, 0) is 29.3 Å². The van der Waals surface area contributed by atoms with Gasteiger partial charge in [-0.15, -0.1) is 0 Å². The standard InChI is InChI=1S/C17H18N2O2/c1-21-16-5-3-2-4-12(16)9-17(20)19-10-13-6-7-15(18)8-14(13)11-19/h2-8H,9-11,18H2,1H3. The molecule has 108 valence electrons. The lowest BCUT2D eigenvalue weighted by Gasteiger charge is -2.16. The molecule has 0 saturated carbocycles. The number of carbonyl (C=O) groups is 1. The highest BCUT2D eigenvalue weighted by molar-refractivity contribution is 5.80. The number of carbonyl (C=O) groups excluding carboxylic acids is 1. The molecule has 4 nitrogen and oxygen atoms in total. The summed E-state index contributed by atoms with van der Waals surface area (Å²) in [4.78, 5) is 14.3. The van der Waals surface area contributed by atoms with Crippen molar-refractivity contribution in [3.63, 3.8) is 0 Å². The molecule has 0 aromatic heterocycles. The molecule has 0 saturated heterocycles. The van der Waals surface area contributed by atoms with Gasteiger partial charge >= 0.3 is 0 Å². The molecule has 0 unspecified atom stereocenters. The fourth-order valence-corrected chi connectivity index (χ4v) is 2.71. The van der Waals surface area contributed by atoms with Crippen LogP contribution >= 0.6 is 0 Å². The lowest BCUT2D eigenvalue weighted by Crippen LogP contribution is -2.27. The summed E-state index contributed by atoms with van der Waals surface area (Å²) in [6.45, 7) is 1.29. The molecule has 1 aliphatic heterocycles. The molecule has 0 atom stereocenters. The van der Waals surface area contributed by atoms with Gasteiger partial charge in [-0.2, -0.15) is 0 Å². The van der Waals surface area contributed by atoms with Gasteiger partial charge in [0.25, 0.3) is 0 Å². The van der Waals surface area contributed by atoms with Crippen LogP contribution in [0.1, 0.15) is 16.7 Å². The molecule has 0 fully saturated rings. The molecular weight excluding hydrogens is 264 g/mol. The number of rotatable bonds is 3. The van der Waals surface area contributed by atoms with Crippen LogP contribution in [-0.2, 0) is 24.3 Å². The average molecular weight is 282 g/mol. The maximum Gasteiger partial charge on any atom is 0.227 e. The number of fused-ring (bicyclic) bond motifs is 1. The van der Waals surface area contributed by atoms with E-state index in [9.17, 15) is 4.79 Å². The Labute approximate surface area is 124 Å². The highest BCUT2D eigenvalue weighted by atomic mass is 16.5. The van der Waals surface area contributed by atoms with Crippen LogP contribution in [0.4, 0.5) is 5.69 Å². The Morgan fingerprint density at radius 2 is 1.95 bits per heavy atom. The smallest absolute Gasteiger partial charge is 0.227 e. The number of ether oxygens (including phenoxy) is 1. The largest absolute Gasteiger partial charge is 0.496 e. The summed E-state index contributed by atoms with van der Waals surface area (Å²) in [6.07, 6.45) is 0.355. The van der Waals surface area contributed by atoms with Gasteiger partial charge < -0.3 is 15.4 Å². The third-order valence-corrected chi connectivity index (χ3v) is 3.84. The molecule has 0 aliphatic carbocycles. The zero-order chi connectivity index (χ0) is 14.8. The summed E-state index contributed by atoms with van der Waals surface area (Å²) in [5.41, 5.74) is 9.77. The highest BCUT2D eigenvalue weighted by Gasteiger charge is 2.23. The third-order valence-electron chi connectivity index (χ3n) is 3.84. The van der Waals surface area contributed by atoms with Crippen LogP contribution in [0, 0.1) is 0 Å². The molecule has 1 amide bonds. The number of hydrogen-bond donors (Lipinski definition) is 1. The van der Waals surface area contributed by atoms with Gasteiger partial charge in [0.15, 0.2) is 0 Å². The van der Waals surface area contributed by atoms with E-state index in [1.165, 1.54) is 5.56 Å². The van der Waals surface area contributed by atoms with E-state index < -0.39 is 0 Å². The number of nitrogens with two attached hydrogens (primary N) is 1. The summed E-state index contributed by atoms with van der Waals surface area (Å²) < 4.78 is 5.30. The van der Waals surface area contributed by atoms with Crippen molar-refractivity contribution in [2.24, 2.45) is 0 Å². The Bertz CT molecular complexity index is 682. The lowest BCUT2D eigenvalue weighted by atomic mass is 10.1. The predicted molar refractivity (Wildman–Crippen MR) is 81.8 cm³/mol. The van der Waals surface area contributed by atoms with Crippen molar-refractivity contribution < 1.29 is 9.53 Å². The van der Waals surface area contributed by atoms with Gasteiger partial charge in [0.1, 0.15) is 5.75 Å².